The second-order valence-corrected chi connectivity index (χ2v) is 14.2. The number of amides is 2. The minimum Gasteiger partial charge on any atom is -0.488 e. The summed E-state index contributed by atoms with van der Waals surface area (Å²) in [6, 6.07) is 40.2. The van der Waals surface area contributed by atoms with Crippen LogP contribution in [0.4, 0.5) is 11.4 Å². The van der Waals surface area contributed by atoms with Crippen LogP contribution >= 0.6 is 23.2 Å². The molecule has 2 atom stereocenters. The Hall–Kier alpha value is -5.08. The lowest BCUT2D eigenvalue weighted by molar-refractivity contribution is -0.118. The van der Waals surface area contributed by atoms with Gasteiger partial charge in [0, 0.05) is 59.6 Å². The molecule has 0 radical (unpaired) electrons. The molecule has 268 valence electrons. The summed E-state index contributed by atoms with van der Waals surface area (Å²) in [4.78, 5) is 31.3. The largest absolute Gasteiger partial charge is 0.488 e. The zero-order valence-electron chi connectivity index (χ0n) is 29.1. The topological polar surface area (TPSA) is 71.1 Å². The smallest absolute Gasteiger partial charge is 0.240 e. The maximum atomic E-state index is 13.9. The van der Waals surface area contributed by atoms with Crippen LogP contribution in [-0.2, 0) is 22.8 Å². The van der Waals surface area contributed by atoms with Gasteiger partial charge in [0.1, 0.15) is 24.7 Å². The van der Waals surface area contributed by atoms with Crippen LogP contribution in [0.15, 0.2) is 121 Å². The normalized spacial score (nSPS) is 16.2. The van der Waals surface area contributed by atoms with Crippen LogP contribution in [0.1, 0.15) is 34.1 Å². The number of nitrogens with one attached hydrogen (secondary N) is 1. The van der Waals surface area contributed by atoms with E-state index < -0.39 is 0 Å². The van der Waals surface area contributed by atoms with Crippen molar-refractivity contribution in [1.29, 1.82) is 0 Å². The molecule has 2 amide bonds. The fourth-order valence-electron chi connectivity index (χ4n) is 7.73. The zero-order valence-corrected chi connectivity index (χ0v) is 30.7. The molecule has 2 aliphatic rings. The molecule has 6 aromatic carbocycles. The minimum atomic E-state index is -0.140. The summed E-state index contributed by atoms with van der Waals surface area (Å²) in [7, 11) is 0. The Balaban J connectivity index is 1.00. The van der Waals surface area contributed by atoms with Crippen LogP contribution in [0, 0.1) is 0 Å². The van der Waals surface area contributed by atoms with E-state index in [1.807, 2.05) is 109 Å². The third-order valence-corrected chi connectivity index (χ3v) is 11.0. The third-order valence-electron chi connectivity index (χ3n) is 10.3. The predicted molar refractivity (Wildman–Crippen MR) is 214 cm³/mol. The van der Waals surface area contributed by atoms with Crippen molar-refractivity contribution >= 4 is 67.9 Å². The second kappa shape index (κ2) is 15.5. The van der Waals surface area contributed by atoms with E-state index in [1.54, 1.807) is 9.80 Å². The van der Waals surface area contributed by atoms with Crippen molar-refractivity contribution in [3.63, 3.8) is 0 Å². The van der Waals surface area contributed by atoms with Crippen LogP contribution in [0.5, 0.6) is 11.5 Å². The molecule has 7 nitrogen and oxygen atoms in total. The Morgan fingerprint density at radius 3 is 1.34 bits per heavy atom. The number of carbonyl (C=O) groups excluding carboxylic acids is 2. The van der Waals surface area contributed by atoms with Gasteiger partial charge in [0.25, 0.3) is 0 Å². The van der Waals surface area contributed by atoms with Crippen molar-refractivity contribution in [1.82, 2.24) is 5.32 Å². The fourth-order valence-corrected chi connectivity index (χ4v) is 8.23. The van der Waals surface area contributed by atoms with Gasteiger partial charge in [-0.2, -0.15) is 0 Å². The van der Waals surface area contributed by atoms with Gasteiger partial charge >= 0.3 is 0 Å². The number of hydrogen-bond donors (Lipinski definition) is 1. The number of anilines is 2. The molecule has 0 aliphatic carbocycles. The summed E-state index contributed by atoms with van der Waals surface area (Å²) >= 11 is 13.0. The molecule has 2 aliphatic heterocycles. The van der Waals surface area contributed by atoms with Gasteiger partial charge in [0.15, 0.2) is 0 Å². The van der Waals surface area contributed by atoms with Gasteiger partial charge in [0.2, 0.25) is 11.8 Å². The Bertz CT molecular complexity index is 2120. The van der Waals surface area contributed by atoms with Crippen LogP contribution in [-0.4, -0.2) is 49.8 Å². The highest BCUT2D eigenvalue weighted by atomic mass is 35.5. The number of benzene rings is 6. The minimum absolute atomic E-state index is 0.0178. The second-order valence-electron chi connectivity index (χ2n) is 13.6. The number of alkyl halides is 2. The molecule has 6 aromatic rings. The number of carbonyl (C=O) groups is 2. The molecule has 0 fully saturated rings. The molecule has 2 heterocycles. The Morgan fingerprint density at radius 2 is 0.943 bits per heavy atom. The van der Waals surface area contributed by atoms with E-state index in [9.17, 15) is 9.59 Å². The standard InChI is InChI=1S/C44H39Cl2N3O4/c45-21-31-25-48(37-19-39(52-27-29-11-3-1-4-12-29)33-15-7-9-17-35(33)43(31)37)41(50)23-47-24-42(51)49-26-32(22-46)44-36-18-10-8-16-34(36)40(20-38(44)49)53-28-30-13-5-2-6-14-30/h1-20,31-32,47H,21-28H2/t31-,32-/m1/s1. The van der Waals surface area contributed by atoms with Gasteiger partial charge in [-0.1, -0.05) is 109 Å². The van der Waals surface area contributed by atoms with E-state index in [1.165, 1.54) is 0 Å². The number of hydrogen-bond acceptors (Lipinski definition) is 5. The Morgan fingerprint density at radius 1 is 0.566 bits per heavy atom. The molecule has 53 heavy (non-hydrogen) atoms. The van der Waals surface area contributed by atoms with E-state index in [4.69, 9.17) is 32.7 Å². The van der Waals surface area contributed by atoms with E-state index in [0.717, 1.165) is 55.2 Å². The summed E-state index contributed by atoms with van der Waals surface area (Å²) in [5.74, 6) is 1.82. The number of halogens is 2. The number of rotatable bonds is 12. The van der Waals surface area contributed by atoms with Crippen LogP contribution < -0.4 is 24.6 Å². The molecule has 0 spiro atoms. The Labute approximate surface area is 319 Å². The molecule has 1 N–H and O–H groups in total. The highest BCUT2D eigenvalue weighted by molar-refractivity contribution is 6.19. The van der Waals surface area contributed by atoms with Crippen molar-refractivity contribution in [3.05, 3.63) is 144 Å². The summed E-state index contributed by atoms with van der Waals surface area (Å²) in [5.41, 5.74) is 5.79. The summed E-state index contributed by atoms with van der Waals surface area (Å²) in [6.45, 7) is 1.68. The number of nitrogens with zero attached hydrogens (tertiary/aromatic N) is 2. The van der Waals surface area contributed by atoms with Gasteiger partial charge < -0.3 is 19.3 Å². The van der Waals surface area contributed by atoms with Gasteiger partial charge in [-0.15, -0.1) is 23.2 Å². The van der Waals surface area contributed by atoms with E-state index in [0.29, 0.717) is 49.6 Å². The molecule has 0 bridgehead atoms. The third kappa shape index (κ3) is 6.93. The first-order valence-electron chi connectivity index (χ1n) is 17.9. The summed E-state index contributed by atoms with van der Waals surface area (Å²) in [5, 5.41) is 7.17. The highest BCUT2D eigenvalue weighted by Crippen LogP contribution is 2.47. The SMILES string of the molecule is O=C(CNCC(=O)N1C[C@@H](CCl)c2c1cc(OCc1ccccc1)c1ccccc21)N1C[C@@H](CCl)c2c1cc(OCc1ccccc1)c1ccccc21. The maximum absolute atomic E-state index is 13.9. The van der Waals surface area contributed by atoms with Gasteiger partial charge in [-0.3, -0.25) is 14.9 Å². The van der Waals surface area contributed by atoms with Crippen molar-refractivity contribution in [2.75, 3.05) is 47.7 Å². The van der Waals surface area contributed by atoms with E-state index in [-0.39, 0.29) is 36.7 Å². The molecule has 0 aromatic heterocycles. The van der Waals surface area contributed by atoms with Crippen molar-refractivity contribution in [3.8, 4) is 11.5 Å². The van der Waals surface area contributed by atoms with E-state index in [2.05, 4.69) is 17.4 Å². The highest BCUT2D eigenvalue weighted by Gasteiger charge is 2.36. The van der Waals surface area contributed by atoms with Gasteiger partial charge in [-0.25, -0.2) is 0 Å². The van der Waals surface area contributed by atoms with Crippen molar-refractivity contribution in [2.45, 2.75) is 25.0 Å². The van der Waals surface area contributed by atoms with Crippen LogP contribution in [0.2, 0.25) is 0 Å². The molecule has 8 rings (SSSR count). The zero-order chi connectivity index (χ0) is 36.3. The monoisotopic (exact) mass is 743 g/mol. The van der Waals surface area contributed by atoms with Gasteiger partial charge in [0.05, 0.1) is 24.5 Å². The fraction of sp³-hybridized carbons (Fsp3) is 0.227. The summed E-state index contributed by atoms with van der Waals surface area (Å²) < 4.78 is 12.7. The summed E-state index contributed by atoms with van der Waals surface area (Å²) in [6.07, 6.45) is 0. The average molecular weight is 745 g/mol. The lowest BCUT2D eigenvalue weighted by atomic mass is 9.95. The van der Waals surface area contributed by atoms with Crippen LogP contribution in [0.3, 0.4) is 0 Å². The lowest BCUT2D eigenvalue weighted by Gasteiger charge is -2.21. The quantitative estimate of drug-likeness (QED) is 0.127. The number of ether oxygens (including phenoxy) is 2. The maximum Gasteiger partial charge on any atom is 0.240 e. The average Bonchev–Trinajstić information content (AvgIpc) is 3.78. The molecule has 0 unspecified atom stereocenters. The Kier molecular flexibility index (Phi) is 10.2. The first-order valence-corrected chi connectivity index (χ1v) is 19.0. The van der Waals surface area contributed by atoms with Crippen molar-refractivity contribution in [2.24, 2.45) is 0 Å². The molecular formula is C44H39Cl2N3O4. The van der Waals surface area contributed by atoms with E-state index >= 15 is 0 Å². The van der Waals surface area contributed by atoms with Crippen LogP contribution in [0.25, 0.3) is 21.5 Å². The molecule has 0 saturated heterocycles. The lowest BCUT2D eigenvalue weighted by Crippen LogP contribution is -2.43. The predicted octanol–water partition coefficient (Wildman–Crippen LogP) is 8.78. The van der Waals surface area contributed by atoms with Crippen molar-refractivity contribution < 1.29 is 19.1 Å². The molecule has 0 saturated carbocycles. The van der Waals surface area contributed by atoms with Gasteiger partial charge in [-0.05, 0) is 33.0 Å². The molecule has 9 heteroatoms. The first-order chi connectivity index (χ1) is 26.0. The number of fused-ring (bicyclic) bond motifs is 6. The first kappa shape index (κ1) is 35.0. The molecular weight excluding hydrogens is 705 g/mol.